The number of hydrogen-bond donors (Lipinski definition) is 1. The summed E-state index contributed by atoms with van der Waals surface area (Å²) < 4.78 is 5.46. The van der Waals surface area contributed by atoms with Crippen LogP contribution in [0.25, 0.3) is 0 Å². The molecule has 0 radical (unpaired) electrons. The number of non-ortho nitro benzene ring substituents is 1. The third kappa shape index (κ3) is 1.68. The van der Waals surface area contributed by atoms with Crippen molar-refractivity contribution in [3.63, 3.8) is 0 Å². The molecule has 1 N–H and O–H groups in total. The largest absolute Gasteiger partial charge is 0.483 e. The fourth-order valence-corrected chi connectivity index (χ4v) is 2.13. The van der Waals surface area contributed by atoms with E-state index in [2.05, 4.69) is 10.5 Å². The normalized spacial score (nSPS) is 20.7. The van der Waals surface area contributed by atoms with E-state index in [1.165, 1.54) is 18.2 Å². The minimum Gasteiger partial charge on any atom is -0.483 e. The van der Waals surface area contributed by atoms with Crippen molar-refractivity contribution in [3.05, 3.63) is 28.3 Å². The highest BCUT2D eigenvalue weighted by Crippen LogP contribution is 2.37. The van der Waals surface area contributed by atoms with Crippen LogP contribution >= 0.6 is 0 Å². The maximum atomic E-state index is 11.6. The number of rotatable bonds is 1. The summed E-state index contributed by atoms with van der Waals surface area (Å²) in [6.45, 7) is 1.92. The van der Waals surface area contributed by atoms with Crippen LogP contribution in [0, 0.1) is 10.1 Å². The number of nitro benzene ring substituents is 1. The van der Waals surface area contributed by atoms with Gasteiger partial charge in [0.2, 0.25) is 0 Å². The van der Waals surface area contributed by atoms with Crippen LogP contribution in [0.5, 0.6) is 5.75 Å². The Morgan fingerprint density at radius 2 is 2.37 bits per heavy atom. The van der Waals surface area contributed by atoms with E-state index >= 15 is 0 Å². The van der Waals surface area contributed by atoms with Crippen LogP contribution in [0.2, 0.25) is 0 Å². The topological polar surface area (TPSA) is 97.1 Å². The van der Waals surface area contributed by atoms with Gasteiger partial charge in [0.05, 0.1) is 10.6 Å². The zero-order valence-electron chi connectivity index (χ0n) is 9.99. The second-order valence-corrected chi connectivity index (χ2v) is 4.25. The zero-order chi connectivity index (χ0) is 13.6. The highest BCUT2D eigenvalue weighted by molar-refractivity contribution is 6.09. The Balaban J connectivity index is 2.13. The molecule has 0 unspecified atom stereocenters. The van der Waals surface area contributed by atoms with E-state index in [9.17, 15) is 14.9 Å². The number of carbonyl (C=O) groups is 1. The second-order valence-electron chi connectivity index (χ2n) is 4.25. The first-order chi connectivity index (χ1) is 9.08. The predicted octanol–water partition coefficient (Wildman–Crippen LogP) is 0.625. The Morgan fingerprint density at radius 3 is 3.11 bits per heavy atom. The third-order valence-corrected chi connectivity index (χ3v) is 3.11. The lowest BCUT2D eigenvalue weighted by Crippen LogP contribution is -2.55. The van der Waals surface area contributed by atoms with E-state index in [-0.39, 0.29) is 18.2 Å². The SMILES string of the molecule is C[C@@H]1C(=O)NN=C2COc3ccc([N+](=O)[O-])cc3N21. The van der Waals surface area contributed by atoms with Crippen LogP contribution in [0.3, 0.4) is 0 Å². The van der Waals surface area contributed by atoms with Gasteiger partial charge in [0.15, 0.2) is 5.84 Å². The lowest BCUT2D eigenvalue weighted by Gasteiger charge is -2.37. The van der Waals surface area contributed by atoms with E-state index in [1.807, 2.05) is 0 Å². The summed E-state index contributed by atoms with van der Waals surface area (Å²) >= 11 is 0. The summed E-state index contributed by atoms with van der Waals surface area (Å²) in [7, 11) is 0. The molecule has 1 amide bonds. The number of nitro groups is 1. The Bertz CT molecular complexity index is 613. The van der Waals surface area contributed by atoms with Crippen molar-refractivity contribution in [2.45, 2.75) is 13.0 Å². The molecule has 1 aromatic carbocycles. The van der Waals surface area contributed by atoms with Crippen molar-refractivity contribution >= 4 is 23.1 Å². The second kappa shape index (κ2) is 3.94. The number of nitrogens with zero attached hydrogens (tertiary/aromatic N) is 3. The van der Waals surface area contributed by atoms with Gasteiger partial charge in [-0.1, -0.05) is 0 Å². The Labute approximate surface area is 107 Å². The monoisotopic (exact) mass is 262 g/mol. The van der Waals surface area contributed by atoms with Gasteiger partial charge in [-0.2, -0.15) is 5.10 Å². The lowest BCUT2D eigenvalue weighted by molar-refractivity contribution is -0.384. The Morgan fingerprint density at radius 1 is 1.58 bits per heavy atom. The number of amides is 1. The minimum atomic E-state index is -0.489. The smallest absolute Gasteiger partial charge is 0.271 e. The van der Waals surface area contributed by atoms with Gasteiger partial charge in [-0.25, -0.2) is 5.43 Å². The number of nitrogens with one attached hydrogen (secondary N) is 1. The van der Waals surface area contributed by atoms with E-state index in [1.54, 1.807) is 11.8 Å². The van der Waals surface area contributed by atoms with E-state index < -0.39 is 11.0 Å². The quantitative estimate of drug-likeness (QED) is 0.591. The van der Waals surface area contributed by atoms with Crippen molar-refractivity contribution in [2.24, 2.45) is 5.10 Å². The molecule has 8 heteroatoms. The van der Waals surface area contributed by atoms with Crippen molar-refractivity contribution in [3.8, 4) is 5.75 Å². The predicted molar refractivity (Wildman–Crippen MR) is 66.1 cm³/mol. The molecule has 2 aliphatic rings. The molecule has 19 heavy (non-hydrogen) atoms. The van der Waals surface area contributed by atoms with Gasteiger partial charge >= 0.3 is 0 Å². The number of ether oxygens (including phenoxy) is 1. The molecule has 2 heterocycles. The van der Waals surface area contributed by atoms with Gasteiger partial charge in [0.1, 0.15) is 18.4 Å². The first kappa shape index (κ1) is 11.5. The molecule has 8 nitrogen and oxygen atoms in total. The van der Waals surface area contributed by atoms with Crippen LogP contribution in [0.1, 0.15) is 6.92 Å². The number of anilines is 1. The van der Waals surface area contributed by atoms with Gasteiger partial charge in [0.25, 0.3) is 11.6 Å². The average Bonchev–Trinajstić information content (AvgIpc) is 2.41. The van der Waals surface area contributed by atoms with Crippen molar-refractivity contribution < 1.29 is 14.5 Å². The van der Waals surface area contributed by atoms with Crippen LogP contribution in [-0.4, -0.2) is 29.3 Å². The van der Waals surface area contributed by atoms with Crippen LogP contribution in [0.4, 0.5) is 11.4 Å². The van der Waals surface area contributed by atoms with Gasteiger partial charge in [-0.05, 0) is 13.0 Å². The van der Waals surface area contributed by atoms with E-state index in [0.29, 0.717) is 17.3 Å². The van der Waals surface area contributed by atoms with Crippen LogP contribution in [-0.2, 0) is 4.79 Å². The highest BCUT2D eigenvalue weighted by atomic mass is 16.6. The van der Waals surface area contributed by atoms with Gasteiger partial charge in [0, 0.05) is 12.1 Å². The highest BCUT2D eigenvalue weighted by Gasteiger charge is 2.35. The summed E-state index contributed by atoms with van der Waals surface area (Å²) in [6.07, 6.45) is 0. The summed E-state index contributed by atoms with van der Waals surface area (Å²) in [5, 5.41) is 14.7. The summed E-state index contributed by atoms with van der Waals surface area (Å²) in [4.78, 5) is 23.6. The van der Waals surface area contributed by atoms with Crippen molar-refractivity contribution in [2.75, 3.05) is 11.5 Å². The summed E-state index contributed by atoms with van der Waals surface area (Å²) in [6, 6.07) is 3.80. The Kier molecular flexibility index (Phi) is 2.37. The molecule has 3 rings (SSSR count). The summed E-state index contributed by atoms with van der Waals surface area (Å²) in [5.41, 5.74) is 2.83. The van der Waals surface area contributed by atoms with Gasteiger partial charge < -0.3 is 9.64 Å². The molecule has 1 atom stereocenters. The molecule has 2 aliphatic heterocycles. The maximum absolute atomic E-state index is 11.6. The van der Waals surface area contributed by atoms with Gasteiger partial charge in [-0.3, -0.25) is 14.9 Å². The van der Waals surface area contributed by atoms with Crippen molar-refractivity contribution in [1.82, 2.24) is 5.43 Å². The molecule has 0 fully saturated rings. The maximum Gasteiger partial charge on any atom is 0.271 e. The molecular formula is C11H10N4O4. The number of hydrazone groups is 1. The lowest BCUT2D eigenvalue weighted by atomic mass is 10.1. The van der Waals surface area contributed by atoms with Crippen molar-refractivity contribution in [1.29, 1.82) is 0 Å². The zero-order valence-corrected chi connectivity index (χ0v) is 9.99. The first-order valence-electron chi connectivity index (χ1n) is 5.65. The first-order valence-corrected chi connectivity index (χ1v) is 5.65. The molecular weight excluding hydrogens is 252 g/mol. The molecule has 0 saturated heterocycles. The third-order valence-electron chi connectivity index (χ3n) is 3.11. The number of carbonyl (C=O) groups excluding carboxylic acids is 1. The van der Waals surface area contributed by atoms with Crippen LogP contribution in [0.15, 0.2) is 23.3 Å². The molecule has 0 bridgehead atoms. The fraction of sp³-hybridized carbons (Fsp3) is 0.273. The minimum absolute atomic E-state index is 0.0539. The summed E-state index contributed by atoms with van der Waals surface area (Å²) in [5.74, 6) is 0.773. The Hall–Kier alpha value is -2.64. The molecule has 0 spiro atoms. The fourth-order valence-electron chi connectivity index (χ4n) is 2.13. The average molecular weight is 262 g/mol. The van der Waals surface area contributed by atoms with E-state index in [0.717, 1.165) is 0 Å². The molecule has 0 saturated carbocycles. The standard InChI is InChI=1S/C11H10N4O4/c1-6-11(16)13-12-10-5-19-9-3-2-7(15(17)18)4-8(9)14(6)10/h2-4,6H,5H2,1H3,(H,13,16)/t6-/m1/s1. The molecule has 98 valence electrons. The molecule has 0 aliphatic carbocycles. The molecule has 1 aromatic rings. The van der Waals surface area contributed by atoms with Gasteiger partial charge in [-0.15, -0.1) is 0 Å². The number of fused-ring (bicyclic) bond motifs is 3. The van der Waals surface area contributed by atoms with Crippen LogP contribution < -0.4 is 15.1 Å². The van der Waals surface area contributed by atoms with E-state index in [4.69, 9.17) is 4.74 Å². The number of hydrogen-bond acceptors (Lipinski definition) is 6. The number of amidine groups is 1. The molecule has 0 aromatic heterocycles. The number of benzene rings is 1.